The van der Waals surface area contributed by atoms with Crippen molar-refractivity contribution < 1.29 is 29.1 Å². The average molecular weight is 307 g/mol. The van der Waals surface area contributed by atoms with E-state index < -0.39 is 18.0 Å². The highest BCUT2D eigenvalue weighted by Crippen LogP contribution is 2.01. The number of rotatable bonds is 7. The molecular weight excluding hydrogens is 286 g/mol. The molecule has 1 atom stereocenters. The first-order chi connectivity index (χ1) is 10.7. The van der Waals surface area contributed by atoms with Gasteiger partial charge in [0.05, 0.1) is 26.2 Å². The van der Waals surface area contributed by atoms with E-state index in [1.807, 2.05) is 30.3 Å². The van der Waals surface area contributed by atoms with Gasteiger partial charge in [-0.3, -0.25) is 0 Å². The van der Waals surface area contributed by atoms with E-state index in [0.717, 1.165) is 10.5 Å². The van der Waals surface area contributed by atoms with Gasteiger partial charge >= 0.3 is 5.97 Å². The Balaban J connectivity index is 1.86. The van der Waals surface area contributed by atoms with Crippen LogP contribution in [0.4, 0.5) is 0 Å². The fourth-order valence-corrected chi connectivity index (χ4v) is 2.56. The molecule has 1 aromatic rings. The molecule has 0 radical (unpaired) electrons. The number of morpholine rings is 1. The second-order valence-corrected chi connectivity index (χ2v) is 5.30. The molecule has 120 valence electrons. The fourth-order valence-electron chi connectivity index (χ4n) is 2.56. The summed E-state index contributed by atoms with van der Waals surface area (Å²) in [6.45, 7) is 2.50. The van der Waals surface area contributed by atoms with Crippen LogP contribution in [-0.4, -0.2) is 50.9 Å². The lowest BCUT2D eigenvalue weighted by Gasteiger charge is -2.30. The van der Waals surface area contributed by atoms with Crippen molar-refractivity contribution in [2.24, 2.45) is 0 Å². The lowest BCUT2D eigenvalue weighted by Crippen LogP contribution is -3.18. The van der Waals surface area contributed by atoms with E-state index in [0.29, 0.717) is 32.7 Å². The highest BCUT2D eigenvalue weighted by Gasteiger charge is 2.32. The van der Waals surface area contributed by atoms with Gasteiger partial charge < -0.3 is 24.3 Å². The minimum absolute atomic E-state index is 0.246. The van der Waals surface area contributed by atoms with Gasteiger partial charge in [0.1, 0.15) is 13.1 Å². The van der Waals surface area contributed by atoms with Crippen LogP contribution in [-0.2, 0) is 25.5 Å². The number of hydrogen-bond acceptors (Lipinski definition) is 5. The Hall–Kier alpha value is -1.92. The van der Waals surface area contributed by atoms with Crippen LogP contribution >= 0.6 is 0 Å². The summed E-state index contributed by atoms with van der Waals surface area (Å²) >= 11 is 0. The molecule has 0 saturated carbocycles. The molecule has 6 nitrogen and oxygen atoms in total. The molecule has 22 heavy (non-hydrogen) atoms. The number of carbonyl (C=O) groups excluding carboxylic acids is 2. The molecule has 0 spiro atoms. The second kappa shape index (κ2) is 8.51. The number of quaternary nitrogens is 1. The summed E-state index contributed by atoms with van der Waals surface area (Å²) in [5.41, 5.74) is 1.07. The largest absolute Gasteiger partial charge is 0.550 e. The van der Waals surface area contributed by atoms with Crippen LogP contribution in [0, 0.1) is 0 Å². The molecule has 2 rings (SSSR count). The average Bonchev–Trinajstić information content (AvgIpc) is 2.54. The molecule has 1 fully saturated rings. The van der Waals surface area contributed by atoms with Crippen LogP contribution in [0.5, 0.6) is 0 Å². The maximum atomic E-state index is 12.2. The summed E-state index contributed by atoms with van der Waals surface area (Å²) in [6, 6.07) is 8.97. The summed E-state index contributed by atoms with van der Waals surface area (Å²) in [5.74, 6) is -1.71. The Bertz CT molecular complexity index is 485. The number of aliphatic carboxylic acids is 1. The molecule has 1 saturated heterocycles. The van der Waals surface area contributed by atoms with Gasteiger partial charge in [0, 0.05) is 12.4 Å². The molecule has 1 aliphatic rings. The smallest absolute Gasteiger partial charge is 0.365 e. The van der Waals surface area contributed by atoms with Crippen molar-refractivity contribution in [2.75, 3.05) is 32.9 Å². The fraction of sp³-hybridized carbons (Fsp3) is 0.500. The van der Waals surface area contributed by atoms with Crippen LogP contribution in [0.3, 0.4) is 0 Å². The van der Waals surface area contributed by atoms with Crippen LogP contribution in [0.2, 0.25) is 0 Å². The highest BCUT2D eigenvalue weighted by molar-refractivity contribution is 5.80. The first-order valence-corrected chi connectivity index (χ1v) is 7.49. The van der Waals surface area contributed by atoms with Gasteiger partial charge in [-0.05, 0) is 5.56 Å². The number of ether oxygens (including phenoxy) is 2. The zero-order valence-electron chi connectivity index (χ0n) is 12.5. The number of hydrogen-bond donors (Lipinski definition) is 1. The maximum absolute atomic E-state index is 12.2. The Morgan fingerprint density at radius 3 is 2.55 bits per heavy atom. The van der Waals surface area contributed by atoms with Gasteiger partial charge in [-0.1, -0.05) is 30.3 Å². The minimum atomic E-state index is -1.23. The first kappa shape index (κ1) is 16.5. The normalized spacial score (nSPS) is 16.9. The van der Waals surface area contributed by atoms with Crippen molar-refractivity contribution in [1.82, 2.24) is 0 Å². The number of carboxylic acid groups (broad SMARTS) is 1. The zero-order chi connectivity index (χ0) is 15.8. The predicted octanol–water partition coefficient (Wildman–Crippen LogP) is -1.80. The topological polar surface area (TPSA) is 80.1 Å². The SMILES string of the molecule is O=C([O-])C[C@@H](C(=O)OCCc1ccccc1)[NH+]1CCOCC1. The summed E-state index contributed by atoms with van der Waals surface area (Å²) in [4.78, 5) is 24.0. The predicted molar refractivity (Wildman–Crippen MR) is 76.0 cm³/mol. The van der Waals surface area contributed by atoms with Crippen molar-refractivity contribution in [3.63, 3.8) is 0 Å². The van der Waals surface area contributed by atoms with Gasteiger partial charge in [-0.15, -0.1) is 0 Å². The first-order valence-electron chi connectivity index (χ1n) is 7.49. The summed E-state index contributed by atoms with van der Waals surface area (Å²) < 4.78 is 10.5. The maximum Gasteiger partial charge on any atom is 0.365 e. The quantitative estimate of drug-likeness (QED) is 0.601. The molecule has 6 heteroatoms. The van der Waals surface area contributed by atoms with Gasteiger partial charge in [0.25, 0.3) is 0 Å². The van der Waals surface area contributed by atoms with Gasteiger partial charge in [-0.2, -0.15) is 0 Å². The highest BCUT2D eigenvalue weighted by atomic mass is 16.5. The van der Waals surface area contributed by atoms with E-state index in [2.05, 4.69) is 0 Å². The van der Waals surface area contributed by atoms with E-state index in [4.69, 9.17) is 9.47 Å². The lowest BCUT2D eigenvalue weighted by atomic mass is 10.1. The second-order valence-electron chi connectivity index (χ2n) is 5.30. The third kappa shape index (κ3) is 5.13. The molecule has 0 amide bonds. The van der Waals surface area contributed by atoms with Crippen LogP contribution in [0.15, 0.2) is 30.3 Å². The van der Waals surface area contributed by atoms with Crippen molar-refractivity contribution in [1.29, 1.82) is 0 Å². The molecule has 0 unspecified atom stereocenters. The van der Waals surface area contributed by atoms with Crippen molar-refractivity contribution in [2.45, 2.75) is 18.9 Å². The summed E-state index contributed by atoms with van der Waals surface area (Å²) in [7, 11) is 0. The Morgan fingerprint density at radius 1 is 1.23 bits per heavy atom. The molecule has 1 heterocycles. The van der Waals surface area contributed by atoms with Gasteiger partial charge in [0.15, 0.2) is 6.04 Å². The van der Waals surface area contributed by atoms with Crippen molar-refractivity contribution >= 4 is 11.9 Å². The third-order valence-electron chi connectivity index (χ3n) is 3.76. The van der Waals surface area contributed by atoms with Crippen LogP contribution < -0.4 is 10.0 Å². The minimum Gasteiger partial charge on any atom is -0.550 e. The standard InChI is InChI=1S/C16H21NO5/c18-15(19)12-14(17-7-10-21-11-8-17)16(20)22-9-6-13-4-2-1-3-5-13/h1-5,14H,6-12H2,(H,18,19)/t14-/m0/s1. The Labute approximate surface area is 129 Å². The third-order valence-corrected chi connectivity index (χ3v) is 3.76. The Morgan fingerprint density at radius 2 is 1.91 bits per heavy atom. The molecule has 0 aromatic heterocycles. The summed E-state index contributed by atoms with van der Waals surface area (Å²) in [5, 5.41) is 10.9. The molecule has 1 aliphatic heterocycles. The number of esters is 1. The molecule has 1 N–H and O–H groups in total. The number of nitrogens with one attached hydrogen (secondary N) is 1. The van der Waals surface area contributed by atoms with Crippen molar-refractivity contribution in [3.05, 3.63) is 35.9 Å². The van der Waals surface area contributed by atoms with E-state index >= 15 is 0 Å². The van der Waals surface area contributed by atoms with Crippen molar-refractivity contribution in [3.8, 4) is 0 Å². The monoisotopic (exact) mass is 307 g/mol. The van der Waals surface area contributed by atoms with E-state index in [9.17, 15) is 14.7 Å². The van der Waals surface area contributed by atoms with Crippen LogP contribution in [0.25, 0.3) is 0 Å². The number of carbonyl (C=O) groups is 2. The molecule has 0 bridgehead atoms. The lowest BCUT2D eigenvalue weighted by molar-refractivity contribution is -0.924. The number of benzene rings is 1. The summed E-state index contributed by atoms with van der Waals surface area (Å²) in [6.07, 6.45) is 0.294. The van der Waals surface area contributed by atoms with E-state index in [1.165, 1.54) is 0 Å². The van der Waals surface area contributed by atoms with Gasteiger partial charge in [-0.25, -0.2) is 4.79 Å². The van der Waals surface area contributed by atoms with Gasteiger partial charge in [0.2, 0.25) is 0 Å². The molecular formula is C16H21NO5. The van der Waals surface area contributed by atoms with E-state index in [-0.39, 0.29) is 13.0 Å². The van der Waals surface area contributed by atoms with E-state index in [1.54, 1.807) is 0 Å². The zero-order valence-corrected chi connectivity index (χ0v) is 12.5. The molecule has 1 aromatic carbocycles. The number of carboxylic acids is 1. The Kier molecular flexibility index (Phi) is 6.36. The molecule has 0 aliphatic carbocycles. The van der Waals surface area contributed by atoms with Crippen LogP contribution in [0.1, 0.15) is 12.0 Å².